The number of ether oxygens (including phenoxy) is 2. The molecule has 1 amide bonds. The summed E-state index contributed by atoms with van der Waals surface area (Å²) in [4.78, 5) is 17.9. The number of nitrogens with one attached hydrogen (secondary N) is 2. The molecule has 1 aromatic carbocycles. The van der Waals surface area contributed by atoms with Crippen molar-refractivity contribution in [2.24, 2.45) is 4.99 Å². The van der Waals surface area contributed by atoms with Gasteiger partial charge in [-0.2, -0.15) is 0 Å². The molecule has 0 bridgehead atoms. The Morgan fingerprint density at radius 2 is 2.00 bits per heavy atom. The molecule has 0 aromatic heterocycles. The molecule has 0 heterocycles. The molecule has 0 unspecified atom stereocenters. The van der Waals surface area contributed by atoms with E-state index in [9.17, 15) is 4.79 Å². The van der Waals surface area contributed by atoms with E-state index < -0.39 is 0 Å². The van der Waals surface area contributed by atoms with Gasteiger partial charge in [0.1, 0.15) is 5.75 Å². The second kappa shape index (κ2) is 12.1. The van der Waals surface area contributed by atoms with Crippen LogP contribution in [0.25, 0.3) is 0 Å². The zero-order valence-corrected chi connectivity index (χ0v) is 15.7. The van der Waals surface area contributed by atoms with E-state index in [0.29, 0.717) is 32.3 Å². The van der Waals surface area contributed by atoms with Crippen molar-refractivity contribution in [2.75, 3.05) is 47.5 Å². The van der Waals surface area contributed by atoms with Gasteiger partial charge in [0.15, 0.2) is 5.96 Å². The topological polar surface area (TPSA) is 75.2 Å². The van der Waals surface area contributed by atoms with Crippen LogP contribution in [-0.4, -0.2) is 64.3 Å². The molecule has 0 spiro atoms. The van der Waals surface area contributed by atoms with E-state index in [1.165, 1.54) is 0 Å². The third-order valence-corrected chi connectivity index (χ3v) is 3.47. The average molecular weight is 350 g/mol. The monoisotopic (exact) mass is 350 g/mol. The average Bonchev–Trinajstić information content (AvgIpc) is 2.62. The van der Waals surface area contributed by atoms with E-state index in [1.54, 1.807) is 26.1 Å². The number of carbonyl (C=O) groups is 1. The summed E-state index contributed by atoms with van der Waals surface area (Å²) in [5.74, 6) is 1.38. The molecule has 0 aliphatic carbocycles. The van der Waals surface area contributed by atoms with Gasteiger partial charge in [-0.15, -0.1) is 0 Å². The van der Waals surface area contributed by atoms with E-state index in [-0.39, 0.29) is 12.5 Å². The zero-order chi connectivity index (χ0) is 18.5. The summed E-state index contributed by atoms with van der Waals surface area (Å²) < 4.78 is 10.7. The first kappa shape index (κ1) is 20.8. The Hall–Kier alpha value is -2.28. The van der Waals surface area contributed by atoms with E-state index in [0.717, 1.165) is 17.7 Å². The minimum atomic E-state index is -0.0129. The lowest BCUT2D eigenvalue weighted by Crippen LogP contribution is -2.43. The van der Waals surface area contributed by atoms with Crippen LogP contribution in [0.4, 0.5) is 0 Å². The van der Waals surface area contributed by atoms with Crippen LogP contribution in [0.15, 0.2) is 29.3 Å². The Kier molecular flexibility index (Phi) is 10.1. The highest BCUT2D eigenvalue weighted by molar-refractivity contribution is 5.86. The molecule has 0 aliphatic rings. The molecule has 0 atom stereocenters. The van der Waals surface area contributed by atoms with Crippen molar-refractivity contribution in [1.82, 2.24) is 15.5 Å². The van der Waals surface area contributed by atoms with Gasteiger partial charge in [-0.05, 0) is 19.4 Å². The third-order valence-electron chi connectivity index (χ3n) is 3.47. The van der Waals surface area contributed by atoms with Crippen molar-refractivity contribution in [3.63, 3.8) is 0 Å². The van der Waals surface area contributed by atoms with Gasteiger partial charge in [0.05, 0.1) is 20.2 Å². The number of aliphatic imine (C=N–C) groups is 1. The molecule has 1 aromatic rings. The number of para-hydroxylation sites is 1. The summed E-state index contributed by atoms with van der Waals surface area (Å²) in [5.41, 5.74) is 0.986. The standard InChI is InChI=1S/C18H30N4O3/c1-5-25-12-8-11-19-18(21-14-17(23)22(2)3)20-13-15-9-6-7-10-16(15)24-4/h6-7,9-10H,5,8,11-14H2,1-4H3,(H2,19,20,21). The van der Waals surface area contributed by atoms with E-state index in [2.05, 4.69) is 15.6 Å². The van der Waals surface area contributed by atoms with Crippen LogP contribution in [0.2, 0.25) is 0 Å². The number of likely N-dealkylation sites (N-methyl/N-ethyl adjacent to an activating group) is 1. The molecule has 25 heavy (non-hydrogen) atoms. The number of benzene rings is 1. The van der Waals surface area contributed by atoms with Gasteiger partial charge in [-0.3, -0.25) is 4.79 Å². The van der Waals surface area contributed by atoms with Crippen LogP contribution >= 0.6 is 0 Å². The molecule has 0 radical (unpaired) electrons. The van der Waals surface area contributed by atoms with Gasteiger partial charge in [0, 0.05) is 39.4 Å². The largest absolute Gasteiger partial charge is 0.496 e. The first-order valence-electron chi connectivity index (χ1n) is 8.50. The van der Waals surface area contributed by atoms with Crippen molar-refractivity contribution in [3.8, 4) is 5.75 Å². The summed E-state index contributed by atoms with van der Waals surface area (Å²) >= 11 is 0. The van der Waals surface area contributed by atoms with Gasteiger partial charge in [-0.1, -0.05) is 18.2 Å². The Morgan fingerprint density at radius 3 is 2.68 bits per heavy atom. The Bertz CT molecular complexity index is 547. The third kappa shape index (κ3) is 8.39. The zero-order valence-electron chi connectivity index (χ0n) is 15.7. The quantitative estimate of drug-likeness (QED) is 0.377. The van der Waals surface area contributed by atoms with Crippen LogP contribution in [0.5, 0.6) is 5.75 Å². The normalized spacial score (nSPS) is 11.1. The van der Waals surface area contributed by atoms with Crippen LogP contribution < -0.4 is 15.4 Å². The maximum Gasteiger partial charge on any atom is 0.241 e. The molecular weight excluding hydrogens is 320 g/mol. The molecule has 1 rings (SSSR count). The number of rotatable bonds is 10. The van der Waals surface area contributed by atoms with Crippen molar-refractivity contribution in [3.05, 3.63) is 29.8 Å². The molecule has 140 valence electrons. The fourth-order valence-corrected chi connectivity index (χ4v) is 2.01. The van der Waals surface area contributed by atoms with E-state index >= 15 is 0 Å². The fourth-order valence-electron chi connectivity index (χ4n) is 2.01. The predicted molar refractivity (Wildman–Crippen MR) is 99.9 cm³/mol. The van der Waals surface area contributed by atoms with Gasteiger partial charge < -0.3 is 25.0 Å². The molecule has 0 saturated carbocycles. The molecule has 7 nitrogen and oxygen atoms in total. The van der Waals surface area contributed by atoms with Gasteiger partial charge >= 0.3 is 0 Å². The number of nitrogens with zero attached hydrogens (tertiary/aromatic N) is 2. The summed E-state index contributed by atoms with van der Waals surface area (Å²) in [5, 5.41) is 6.29. The van der Waals surface area contributed by atoms with Crippen LogP contribution in [0.3, 0.4) is 0 Å². The highest BCUT2D eigenvalue weighted by atomic mass is 16.5. The van der Waals surface area contributed by atoms with Gasteiger partial charge in [-0.25, -0.2) is 4.99 Å². The maximum absolute atomic E-state index is 11.8. The molecule has 0 aliphatic heterocycles. The number of carbonyl (C=O) groups excluding carboxylic acids is 1. The number of guanidine groups is 1. The lowest BCUT2D eigenvalue weighted by Gasteiger charge is -2.15. The molecule has 0 saturated heterocycles. The van der Waals surface area contributed by atoms with Crippen molar-refractivity contribution in [2.45, 2.75) is 19.9 Å². The van der Waals surface area contributed by atoms with Crippen molar-refractivity contribution < 1.29 is 14.3 Å². The SMILES string of the molecule is CCOCCCNC(=NCc1ccccc1OC)NCC(=O)N(C)C. The Morgan fingerprint density at radius 1 is 1.24 bits per heavy atom. The lowest BCUT2D eigenvalue weighted by atomic mass is 10.2. The number of hydrogen-bond acceptors (Lipinski definition) is 4. The second-order valence-corrected chi connectivity index (χ2v) is 5.60. The highest BCUT2D eigenvalue weighted by Crippen LogP contribution is 2.17. The molecule has 7 heteroatoms. The highest BCUT2D eigenvalue weighted by Gasteiger charge is 2.07. The first-order chi connectivity index (χ1) is 12.1. The van der Waals surface area contributed by atoms with Gasteiger partial charge in [0.25, 0.3) is 0 Å². The molecule has 2 N–H and O–H groups in total. The van der Waals surface area contributed by atoms with Crippen molar-refractivity contribution >= 4 is 11.9 Å². The predicted octanol–water partition coefficient (Wildman–Crippen LogP) is 1.25. The Balaban J connectivity index is 2.65. The van der Waals surface area contributed by atoms with Crippen molar-refractivity contribution in [1.29, 1.82) is 0 Å². The van der Waals surface area contributed by atoms with Gasteiger partial charge in [0.2, 0.25) is 5.91 Å². The molecule has 0 fully saturated rings. The van der Waals surface area contributed by atoms with Crippen LogP contribution in [-0.2, 0) is 16.1 Å². The smallest absolute Gasteiger partial charge is 0.241 e. The summed E-state index contributed by atoms with van der Waals surface area (Å²) in [6, 6.07) is 7.75. The van der Waals surface area contributed by atoms with Crippen LogP contribution in [0, 0.1) is 0 Å². The minimum Gasteiger partial charge on any atom is -0.496 e. The van der Waals surface area contributed by atoms with E-state index in [1.807, 2.05) is 31.2 Å². The first-order valence-corrected chi connectivity index (χ1v) is 8.50. The number of methoxy groups -OCH3 is 1. The van der Waals surface area contributed by atoms with E-state index in [4.69, 9.17) is 9.47 Å². The number of hydrogen-bond donors (Lipinski definition) is 2. The summed E-state index contributed by atoms with van der Waals surface area (Å²) in [7, 11) is 5.10. The number of amides is 1. The summed E-state index contributed by atoms with van der Waals surface area (Å²) in [6.45, 7) is 4.75. The molecular formula is C18H30N4O3. The van der Waals surface area contributed by atoms with Crippen LogP contribution in [0.1, 0.15) is 18.9 Å². The minimum absolute atomic E-state index is 0.0129. The second-order valence-electron chi connectivity index (χ2n) is 5.60. The lowest BCUT2D eigenvalue weighted by molar-refractivity contribution is -0.127. The summed E-state index contributed by atoms with van der Waals surface area (Å²) in [6.07, 6.45) is 0.866. The fraction of sp³-hybridized carbons (Fsp3) is 0.556. The maximum atomic E-state index is 11.8. The Labute approximate surface area is 150 Å².